The topological polar surface area (TPSA) is 51.0 Å². The smallest absolute Gasteiger partial charge is 0.151 e. The molecule has 2 aromatic heterocycles. The molecule has 0 fully saturated rings. The Hall–Kier alpha value is -1.20. The number of hydrogen-bond donors (Lipinski definition) is 1. The molecule has 17 heavy (non-hydrogen) atoms. The van der Waals surface area contributed by atoms with Gasteiger partial charge >= 0.3 is 0 Å². The maximum atomic E-state index is 5.29. The summed E-state index contributed by atoms with van der Waals surface area (Å²) in [5, 5.41) is 13.8. The molecule has 0 bridgehead atoms. The molecule has 0 saturated heterocycles. The molecule has 2 rings (SSSR count). The molecule has 0 spiro atoms. The SMILES string of the molecule is CCNC(CC)c1nnc(-c2coc(C)c2)s1. The summed E-state index contributed by atoms with van der Waals surface area (Å²) in [5.74, 6) is 0.899. The van der Waals surface area contributed by atoms with Crippen LogP contribution in [0.25, 0.3) is 10.6 Å². The highest BCUT2D eigenvalue weighted by atomic mass is 32.1. The van der Waals surface area contributed by atoms with Gasteiger partial charge in [0, 0.05) is 0 Å². The standard InChI is InChI=1S/C12H17N3OS/c1-4-10(13-5-2)12-15-14-11(17-12)9-6-8(3)16-7-9/h6-7,10,13H,4-5H2,1-3H3. The maximum absolute atomic E-state index is 5.29. The second-order valence-electron chi connectivity index (χ2n) is 3.91. The third-order valence-electron chi connectivity index (χ3n) is 2.57. The summed E-state index contributed by atoms with van der Waals surface area (Å²) in [6, 6.07) is 2.29. The zero-order valence-electron chi connectivity index (χ0n) is 10.4. The van der Waals surface area contributed by atoms with Gasteiger partial charge in [-0.25, -0.2) is 0 Å². The van der Waals surface area contributed by atoms with Crippen molar-refractivity contribution in [1.82, 2.24) is 15.5 Å². The lowest BCUT2D eigenvalue weighted by Crippen LogP contribution is -2.19. The average molecular weight is 251 g/mol. The third kappa shape index (κ3) is 2.73. The number of furan rings is 1. The molecule has 2 aromatic rings. The highest BCUT2D eigenvalue weighted by Crippen LogP contribution is 2.29. The molecule has 0 saturated carbocycles. The first kappa shape index (κ1) is 12.3. The minimum atomic E-state index is 0.305. The fourth-order valence-corrected chi connectivity index (χ4v) is 2.68. The van der Waals surface area contributed by atoms with Crippen LogP contribution in [0.15, 0.2) is 16.7 Å². The summed E-state index contributed by atoms with van der Waals surface area (Å²) in [6.45, 7) is 7.12. The van der Waals surface area contributed by atoms with Crippen LogP contribution >= 0.6 is 11.3 Å². The molecule has 92 valence electrons. The number of nitrogens with one attached hydrogen (secondary N) is 1. The minimum absolute atomic E-state index is 0.305. The number of hydrogen-bond acceptors (Lipinski definition) is 5. The van der Waals surface area contributed by atoms with Gasteiger partial charge in [-0.15, -0.1) is 10.2 Å². The van der Waals surface area contributed by atoms with E-state index in [-0.39, 0.29) is 0 Å². The van der Waals surface area contributed by atoms with Crippen LogP contribution in [-0.2, 0) is 0 Å². The van der Waals surface area contributed by atoms with Crippen LogP contribution in [-0.4, -0.2) is 16.7 Å². The van der Waals surface area contributed by atoms with Crippen LogP contribution in [0.1, 0.15) is 37.1 Å². The molecule has 0 amide bonds. The number of aromatic nitrogens is 2. The van der Waals surface area contributed by atoms with Gasteiger partial charge in [0.15, 0.2) is 5.01 Å². The van der Waals surface area contributed by atoms with Crippen molar-refractivity contribution in [2.45, 2.75) is 33.2 Å². The van der Waals surface area contributed by atoms with Gasteiger partial charge in [-0.3, -0.25) is 0 Å². The van der Waals surface area contributed by atoms with Crippen molar-refractivity contribution in [3.8, 4) is 10.6 Å². The highest BCUT2D eigenvalue weighted by Gasteiger charge is 2.15. The van der Waals surface area contributed by atoms with Crippen molar-refractivity contribution in [3.05, 3.63) is 23.1 Å². The molecule has 0 radical (unpaired) electrons. The average Bonchev–Trinajstić information content (AvgIpc) is 2.94. The van der Waals surface area contributed by atoms with E-state index in [1.54, 1.807) is 17.6 Å². The van der Waals surface area contributed by atoms with E-state index in [0.717, 1.165) is 34.3 Å². The Bertz CT molecular complexity index is 478. The van der Waals surface area contributed by atoms with E-state index in [0.29, 0.717) is 6.04 Å². The number of nitrogens with zero attached hydrogens (tertiary/aromatic N) is 2. The van der Waals surface area contributed by atoms with Crippen molar-refractivity contribution in [2.24, 2.45) is 0 Å². The predicted octanol–water partition coefficient (Wildman–Crippen LogP) is 3.17. The molecule has 0 aliphatic carbocycles. The lowest BCUT2D eigenvalue weighted by molar-refractivity contribution is 0.531. The summed E-state index contributed by atoms with van der Waals surface area (Å²) in [5.41, 5.74) is 1.01. The molecule has 0 aliphatic rings. The van der Waals surface area contributed by atoms with E-state index >= 15 is 0 Å². The molecule has 2 heterocycles. The van der Waals surface area contributed by atoms with Gasteiger partial charge < -0.3 is 9.73 Å². The van der Waals surface area contributed by atoms with Crippen molar-refractivity contribution in [3.63, 3.8) is 0 Å². The van der Waals surface area contributed by atoms with Crippen LogP contribution in [0, 0.1) is 6.92 Å². The van der Waals surface area contributed by atoms with Crippen LogP contribution in [0.5, 0.6) is 0 Å². The van der Waals surface area contributed by atoms with Gasteiger partial charge in [0.25, 0.3) is 0 Å². The monoisotopic (exact) mass is 251 g/mol. The number of rotatable bonds is 5. The number of aryl methyl sites for hydroxylation is 1. The van der Waals surface area contributed by atoms with E-state index in [1.165, 1.54) is 0 Å². The molecular formula is C12H17N3OS. The van der Waals surface area contributed by atoms with E-state index in [2.05, 4.69) is 29.4 Å². The first-order valence-electron chi connectivity index (χ1n) is 5.86. The Kier molecular flexibility index (Phi) is 3.91. The molecular weight excluding hydrogens is 234 g/mol. The molecule has 0 aliphatic heterocycles. The molecule has 0 aromatic carbocycles. The lowest BCUT2D eigenvalue weighted by Gasteiger charge is -2.10. The normalized spacial score (nSPS) is 12.9. The van der Waals surface area contributed by atoms with Crippen molar-refractivity contribution >= 4 is 11.3 Å². The van der Waals surface area contributed by atoms with Crippen LogP contribution in [0.2, 0.25) is 0 Å². The van der Waals surface area contributed by atoms with Gasteiger partial charge in [0.2, 0.25) is 0 Å². The van der Waals surface area contributed by atoms with Gasteiger partial charge in [-0.05, 0) is 26.0 Å². The first-order valence-corrected chi connectivity index (χ1v) is 6.68. The summed E-state index contributed by atoms with van der Waals surface area (Å²) in [4.78, 5) is 0. The summed E-state index contributed by atoms with van der Waals surface area (Å²) in [6.07, 6.45) is 2.75. The highest BCUT2D eigenvalue weighted by molar-refractivity contribution is 7.14. The quantitative estimate of drug-likeness (QED) is 0.886. The lowest BCUT2D eigenvalue weighted by atomic mass is 10.2. The zero-order valence-corrected chi connectivity index (χ0v) is 11.2. The Balaban J connectivity index is 2.20. The second kappa shape index (κ2) is 5.42. The Morgan fingerprint density at radius 3 is 2.82 bits per heavy atom. The first-order chi connectivity index (χ1) is 8.24. The summed E-state index contributed by atoms with van der Waals surface area (Å²) in [7, 11) is 0. The third-order valence-corrected chi connectivity index (χ3v) is 3.66. The molecule has 5 heteroatoms. The predicted molar refractivity (Wildman–Crippen MR) is 69.1 cm³/mol. The fraction of sp³-hybridized carbons (Fsp3) is 0.500. The molecule has 1 atom stereocenters. The molecule has 4 nitrogen and oxygen atoms in total. The van der Waals surface area contributed by atoms with Crippen LogP contribution in [0.3, 0.4) is 0 Å². The van der Waals surface area contributed by atoms with E-state index in [1.807, 2.05) is 13.0 Å². The minimum Gasteiger partial charge on any atom is -0.469 e. The molecule has 1 unspecified atom stereocenters. The van der Waals surface area contributed by atoms with Crippen molar-refractivity contribution in [1.29, 1.82) is 0 Å². The van der Waals surface area contributed by atoms with Crippen LogP contribution < -0.4 is 5.32 Å². The Morgan fingerprint density at radius 2 is 2.24 bits per heavy atom. The van der Waals surface area contributed by atoms with Gasteiger partial charge in [-0.2, -0.15) is 0 Å². The van der Waals surface area contributed by atoms with E-state index < -0.39 is 0 Å². The maximum Gasteiger partial charge on any atom is 0.151 e. The fourth-order valence-electron chi connectivity index (χ4n) is 1.70. The summed E-state index contributed by atoms with van der Waals surface area (Å²) < 4.78 is 5.29. The second-order valence-corrected chi connectivity index (χ2v) is 4.92. The van der Waals surface area contributed by atoms with E-state index in [4.69, 9.17) is 4.42 Å². The Labute approximate surface area is 105 Å². The molecule has 1 N–H and O–H groups in total. The van der Waals surface area contributed by atoms with Gasteiger partial charge in [-0.1, -0.05) is 25.2 Å². The van der Waals surface area contributed by atoms with E-state index in [9.17, 15) is 0 Å². The van der Waals surface area contributed by atoms with Crippen molar-refractivity contribution in [2.75, 3.05) is 6.54 Å². The zero-order chi connectivity index (χ0) is 12.3. The van der Waals surface area contributed by atoms with Gasteiger partial charge in [0.1, 0.15) is 17.0 Å². The largest absolute Gasteiger partial charge is 0.469 e. The summed E-state index contributed by atoms with van der Waals surface area (Å²) >= 11 is 1.63. The Morgan fingerprint density at radius 1 is 1.41 bits per heavy atom. The van der Waals surface area contributed by atoms with Crippen molar-refractivity contribution < 1.29 is 4.42 Å². The van der Waals surface area contributed by atoms with Crippen LogP contribution in [0.4, 0.5) is 0 Å². The van der Waals surface area contributed by atoms with Gasteiger partial charge in [0.05, 0.1) is 11.6 Å².